The van der Waals surface area contributed by atoms with Crippen LogP contribution in [0.25, 0.3) is 21.8 Å². The number of carbonyl (C=O) groups excluding carboxylic acids is 1. The van der Waals surface area contributed by atoms with Crippen molar-refractivity contribution < 1.29 is 4.79 Å². The molecule has 153 valence electrons. The van der Waals surface area contributed by atoms with Crippen molar-refractivity contribution in [1.29, 1.82) is 0 Å². The van der Waals surface area contributed by atoms with E-state index in [0.717, 1.165) is 34.8 Å². The molecule has 0 aliphatic rings. The zero-order valence-corrected chi connectivity index (χ0v) is 18.1. The summed E-state index contributed by atoms with van der Waals surface area (Å²) in [5, 5.41) is 1.88. The molecule has 1 aromatic heterocycles. The van der Waals surface area contributed by atoms with E-state index in [4.69, 9.17) is 5.73 Å². The zero-order valence-electron chi connectivity index (χ0n) is 18.1. The van der Waals surface area contributed by atoms with Crippen molar-refractivity contribution in [1.82, 2.24) is 4.57 Å². The third-order valence-corrected chi connectivity index (χ3v) is 6.23. The molecule has 0 unspecified atom stereocenters. The molecular weight excluding hydrogens is 368 g/mol. The Morgan fingerprint density at radius 2 is 1.87 bits per heavy atom. The largest absolute Gasteiger partial charge is 0.366 e. The van der Waals surface area contributed by atoms with Crippen LogP contribution in [0.3, 0.4) is 0 Å². The average molecular weight is 398 g/mol. The summed E-state index contributed by atoms with van der Waals surface area (Å²) in [5.41, 5.74) is 13.6. The van der Waals surface area contributed by atoms with Crippen molar-refractivity contribution in [3.05, 3.63) is 82.4 Å². The third-order valence-electron chi connectivity index (χ3n) is 6.23. The Morgan fingerprint density at radius 3 is 2.63 bits per heavy atom. The molecule has 2 N–H and O–H groups in total. The van der Waals surface area contributed by atoms with Gasteiger partial charge in [0.05, 0.1) is 11.0 Å². The number of aromatic nitrogens is 1. The van der Waals surface area contributed by atoms with E-state index in [0.29, 0.717) is 5.56 Å². The molecule has 0 aliphatic carbocycles. The van der Waals surface area contributed by atoms with Crippen LogP contribution in [0, 0.1) is 19.9 Å². The van der Waals surface area contributed by atoms with Crippen molar-refractivity contribution in [2.24, 2.45) is 5.73 Å². The van der Waals surface area contributed by atoms with E-state index in [1.54, 1.807) is 0 Å². The maximum atomic E-state index is 12.2. The summed E-state index contributed by atoms with van der Waals surface area (Å²) < 4.78 is 2.32. The van der Waals surface area contributed by atoms with Crippen molar-refractivity contribution in [3.8, 4) is 0 Å². The van der Waals surface area contributed by atoms with Gasteiger partial charge in [0.15, 0.2) is 0 Å². The molecule has 4 rings (SSSR count). The van der Waals surface area contributed by atoms with Gasteiger partial charge in [0, 0.05) is 22.9 Å². The number of primary amides is 1. The third kappa shape index (κ3) is 3.60. The van der Waals surface area contributed by atoms with E-state index in [1.807, 2.05) is 12.1 Å². The molecule has 0 aliphatic heterocycles. The van der Waals surface area contributed by atoms with Crippen LogP contribution in [-0.2, 0) is 13.0 Å². The smallest absolute Gasteiger partial charge is 0.249 e. The highest BCUT2D eigenvalue weighted by Gasteiger charge is 2.17. The molecule has 1 radical (unpaired) electrons. The second-order valence-corrected chi connectivity index (χ2v) is 8.23. The van der Waals surface area contributed by atoms with Gasteiger partial charge in [-0.15, -0.1) is 0 Å². The first kappa shape index (κ1) is 20.2. The summed E-state index contributed by atoms with van der Waals surface area (Å²) >= 11 is 0. The van der Waals surface area contributed by atoms with Crippen LogP contribution in [0.5, 0.6) is 0 Å². The molecule has 0 spiro atoms. The van der Waals surface area contributed by atoms with E-state index < -0.39 is 5.91 Å². The summed E-state index contributed by atoms with van der Waals surface area (Å²) in [6, 6.07) is 20.1. The number of hydrogen-bond acceptors (Lipinski definition) is 1. The van der Waals surface area contributed by atoms with Crippen molar-refractivity contribution in [2.45, 2.75) is 53.0 Å². The molecule has 0 fully saturated rings. The van der Waals surface area contributed by atoms with Gasteiger partial charge in [-0.05, 0) is 73.2 Å². The standard InChI is InChI=1S/C27H29N2O/c1-4-5-6-10-20-14-15-22-25(16-20)29(17-21-11-7-9-18(2)19(21)3)24-13-8-12-23(26(22)24)27(28)30/h7-9,11-14,16H,4-6,10,17H2,1-3H3,(H2,28,30). The zero-order chi connectivity index (χ0) is 21.3. The lowest BCUT2D eigenvalue weighted by Gasteiger charge is -2.13. The Bertz CT molecular complexity index is 1230. The van der Waals surface area contributed by atoms with Crippen LogP contribution >= 0.6 is 0 Å². The van der Waals surface area contributed by atoms with E-state index >= 15 is 0 Å². The summed E-state index contributed by atoms with van der Waals surface area (Å²) in [6.07, 6.45) is 4.67. The first-order chi connectivity index (χ1) is 14.5. The van der Waals surface area contributed by atoms with Gasteiger partial charge in [-0.2, -0.15) is 0 Å². The number of aryl methyl sites for hydroxylation is 2. The van der Waals surface area contributed by atoms with Gasteiger partial charge < -0.3 is 10.3 Å². The Morgan fingerprint density at radius 1 is 1.07 bits per heavy atom. The molecule has 0 saturated heterocycles. The summed E-state index contributed by atoms with van der Waals surface area (Å²) in [5.74, 6) is -0.396. The van der Waals surface area contributed by atoms with Gasteiger partial charge in [0.2, 0.25) is 5.91 Å². The fourth-order valence-electron chi connectivity index (χ4n) is 4.35. The number of rotatable bonds is 7. The monoisotopic (exact) mass is 397 g/mol. The summed E-state index contributed by atoms with van der Waals surface area (Å²) in [7, 11) is 0. The highest BCUT2D eigenvalue weighted by Crippen LogP contribution is 2.33. The second-order valence-electron chi connectivity index (χ2n) is 8.23. The lowest BCUT2D eigenvalue weighted by molar-refractivity contribution is 0.100. The Hall–Kier alpha value is -3.07. The Labute approximate surface area is 178 Å². The van der Waals surface area contributed by atoms with E-state index in [2.05, 4.69) is 67.8 Å². The highest BCUT2D eigenvalue weighted by molar-refractivity contribution is 6.17. The van der Waals surface area contributed by atoms with E-state index in [1.165, 1.54) is 41.5 Å². The van der Waals surface area contributed by atoms with Gasteiger partial charge in [-0.1, -0.05) is 50.1 Å². The van der Waals surface area contributed by atoms with Crippen molar-refractivity contribution >= 4 is 27.7 Å². The second kappa shape index (κ2) is 8.35. The fourth-order valence-corrected chi connectivity index (χ4v) is 4.35. The minimum Gasteiger partial charge on any atom is -0.366 e. The lowest BCUT2D eigenvalue weighted by Crippen LogP contribution is -2.11. The van der Waals surface area contributed by atoms with Crippen LogP contribution in [0.2, 0.25) is 0 Å². The predicted molar refractivity (Wildman–Crippen MR) is 125 cm³/mol. The van der Waals surface area contributed by atoms with E-state index in [-0.39, 0.29) is 0 Å². The number of unbranched alkanes of at least 4 members (excludes halogenated alkanes) is 2. The molecule has 30 heavy (non-hydrogen) atoms. The molecule has 4 aromatic rings. The number of carbonyl (C=O) groups is 1. The Balaban J connectivity index is 1.94. The number of hydrogen-bond donors (Lipinski definition) is 1. The summed E-state index contributed by atoms with van der Waals surface area (Å²) in [4.78, 5) is 12.2. The first-order valence-corrected chi connectivity index (χ1v) is 10.8. The van der Waals surface area contributed by atoms with Gasteiger partial charge in [-0.25, -0.2) is 0 Å². The topological polar surface area (TPSA) is 48.0 Å². The van der Waals surface area contributed by atoms with Crippen LogP contribution < -0.4 is 5.73 Å². The van der Waals surface area contributed by atoms with Crippen LogP contribution in [0.15, 0.2) is 48.5 Å². The molecule has 0 bridgehead atoms. The SMILES string of the molecule is CCCCCc1c[c]c2c3c(C(N)=O)cccc3n(Cc3cccc(C)c3C)c2c1. The molecule has 1 amide bonds. The van der Waals surface area contributed by atoms with Crippen LogP contribution in [-0.4, -0.2) is 10.5 Å². The minimum absolute atomic E-state index is 0.396. The molecule has 3 aromatic carbocycles. The molecule has 3 nitrogen and oxygen atoms in total. The van der Waals surface area contributed by atoms with Gasteiger partial charge >= 0.3 is 0 Å². The van der Waals surface area contributed by atoms with Crippen LogP contribution in [0.4, 0.5) is 0 Å². The fraction of sp³-hybridized carbons (Fsp3) is 0.296. The molecule has 0 atom stereocenters. The number of amides is 1. The minimum atomic E-state index is -0.396. The highest BCUT2D eigenvalue weighted by atomic mass is 16.1. The van der Waals surface area contributed by atoms with Gasteiger partial charge in [0.25, 0.3) is 0 Å². The van der Waals surface area contributed by atoms with Gasteiger partial charge in [0.1, 0.15) is 0 Å². The molecule has 0 saturated carbocycles. The molecular formula is C27H29N2O. The quantitative estimate of drug-likeness (QED) is 0.377. The first-order valence-electron chi connectivity index (χ1n) is 10.8. The maximum Gasteiger partial charge on any atom is 0.249 e. The van der Waals surface area contributed by atoms with E-state index in [9.17, 15) is 4.79 Å². The van der Waals surface area contributed by atoms with Gasteiger partial charge in [-0.3, -0.25) is 4.79 Å². The lowest BCUT2D eigenvalue weighted by atomic mass is 10.0. The van der Waals surface area contributed by atoms with Crippen LogP contribution in [0.1, 0.15) is 58.8 Å². The average Bonchev–Trinajstić information content (AvgIpc) is 3.04. The van der Waals surface area contributed by atoms with Crippen molar-refractivity contribution in [2.75, 3.05) is 0 Å². The Kier molecular flexibility index (Phi) is 5.63. The summed E-state index contributed by atoms with van der Waals surface area (Å²) in [6.45, 7) is 7.30. The normalized spacial score (nSPS) is 11.4. The number of benzene rings is 3. The molecule has 1 heterocycles. The number of nitrogens with zero attached hydrogens (tertiary/aromatic N) is 1. The number of nitrogens with two attached hydrogens (primary N) is 1. The maximum absolute atomic E-state index is 12.2. The van der Waals surface area contributed by atoms with Crippen molar-refractivity contribution in [3.63, 3.8) is 0 Å². The predicted octanol–water partition coefficient (Wildman–Crippen LogP) is 6.09. The molecule has 3 heteroatoms. The number of fused-ring (bicyclic) bond motifs is 3.